The molecule has 1 aromatic carbocycles. The Labute approximate surface area is 129 Å². The fourth-order valence-electron chi connectivity index (χ4n) is 2.54. The van der Waals surface area contributed by atoms with Gasteiger partial charge in [-0.05, 0) is 58.0 Å². The number of aryl methyl sites for hydroxylation is 1. The van der Waals surface area contributed by atoms with Gasteiger partial charge >= 0.3 is 0 Å². The van der Waals surface area contributed by atoms with Crippen LogP contribution in [0.1, 0.15) is 24.8 Å². The lowest BCUT2D eigenvalue weighted by molar-refractivity contribution is 0.0657. The van der Waals surface area contributed by atoms with Gasteiger partial charge in [0.2, 0.25) is 10.0 Å². The molecule has 0 unspecified atom stereocenters. The lowest BCUT2D eigenvalue weighted by Gasteiger charge is -2.47. The third-order valence-corrected chi connectivity index (χ3v) is 6.30. The number of likely N-dealkylation sites (N-methyl/N-ethyl adjacent to an activating group) is 1. The molecular formula is C14H21BrN2O2S. The van der Waals surface area contributed by atoms with Gasteiger partial charge in [0, 0.05) is 16.6 Å². The number of nitrogens with one attached hydrogen (secondary N) is 1. The van der Waals surface area contributed by atoms with Gasteiger partial charge in [-0.1, -0.05) is 22.0 Å². The average Bonchev–Trinajstić information content (AvgIpc) is 2.30. The Hall–Kier alpha value is -0.430. The van der Waals surface area contributed by atoms with Crippen LogP contribution in [0, 0.1) is 6.92 Å². The van der Waals surface area contributed by atoms with Crippen LogP contribution >= 0.6 is 15.9 Å². The molecule has 0 amide bonds. The molecule has 1 fully saturated rings. The van der Waals surface area contributed by atoms with E-state index in [2.05, 4.69) is 25.6 Å². The van der Waals surface area contributed by atoms with Crippen molar-refractivity contribution in [2.24, 2.45) is 0 Å². The minimum absolute atomic E-state index is 0.0208. The summed E-state index contributed by atoms with van der Waals surface area (Å²) in [4.78, 5) is 2.48. The molecule has 0 atom stereocenters. The first-order valence-electron chi connectivity index (χ1n) is 6.70. The summed E-state index contributed by atoms with van der Waals surface area (Å²) in [5.41, 5.74) is 0.737. The van der Waals surface area contributed by atoms with Crippen molar-refractivity contribution >= 4 is 26.0 Å². The summed E-state index contributed by atoms with van der Waals surface area (Å²) < 4.78 is 28.5. The van der Waals surface area contributed by atoms with E-state index in [4.69, 9.17) is 0 Å². The smallest absolute Gasteiger partial charge is 0.240 e. The molecule has 0 bridgehead atoms. The molecule has 1 saturated carbocycles. The number of nitrogens with zero attached hydrogens (tertiary/aromatic N) is 1. The average molecular weight is 361 g/mol. The van der Waals surface area contributed by atoms with Gasteiger partial charge in [0.05, 0.1) is 4.90 Å². The summed E-state index contributed by atoms with van der Waals surface area (Å²) in [7, 11) is 0.560. The Kier molecular flexibility index (Phi) is 4.59. The van der Waals surface area contributed by atoms with E-state index < -0.39 is 10.0 Å². The highest BCUT2D eigenvalue weighted by Crippen LogP contribution is 2.35. The van der Waals surface area contributed by atoms with E-state index in [0.29, 0.717) is 11.4 Å². The van der Waals surface area contributed by atoms with Crippen molar-refractivity contribution in [2.45, 2.75) is 36.6 Å². The van der Waals surface area contributed by atoms with Crippen LogP contribution < -0.4 is 4.72 Å². The standard InChI is InChI=1S/C14H21BrN2O2S/c1-11-5-6-12(15)9-13(11)20(18,19)16-10-14(17(2)3)7-4-8-14/h5-6,9,16H,4,7-8,10H2,1-3H3. The molecule has 0 saturated heterocycles. The Morgan fingerprint density at radius 2 is 2.00 bits per heavy atom. The number of benzene rings is 1. The second-order valence-electron chi connectivity index (χ2n) is 5.71. The van der Waals surface area contributed by atoms with Crippen LogP contribution in [0.4, 0.5) is 0 Å². The van der Waals surface area contributed by atoms with Crippen molar-refractivity contribution in [3.8, 4) is 0 Å². The minimum atomic E-state index is -3.46. The highest BCUT2D eigenvalue weighted by atomic mass is 79.9. The molecule has 2 rings (SSSR count). The molecule has 0 radical (unpaired) electrons. The molecule has 1 aliphatic carbocycles. The van der Waals surface area contributed by atoms with Gasteiger partial charge in [0.15, 0.2) is 0 Å². The van der Waals surface area contributed by atoms with E-state index in [-0.39, 0.29) is 5.54 Å². The highest BCUT2D eigenvalue weighted by molar-refractivity contribution is 9.10. The van der Waals surface area contributed by atoms with Gasteiger partial charge in [0.1, 0.15) is 0 Å². The molecule has 4 nitrogen and oxygen atoms in total. The zero-order valence-electron chi connectivity index (χ0n) is 12.1. The summed E-state index contributed by atoms with van der Waals surface area (Å²) >= 11 is 3.33. The quantitative estimate of drug-likeness (QED) is 0.877. The summed E-state index contributed by atoms with van der Waals surface area (Å²) in [5, 5.41) is 0. The topological polar surface area (TPSA) is 49.4 Å². The van der Waals surface area contributed by atoms with Crippen LogP contribution in [0.25, 0.3) is 0 Å². The highest BCUT2D eigenvalue weighted by Gasteiger charge is 2.39. The van der Waals surface area contributed by atoms with Crippen molar-refractivity contribution in [1.82, 2.24) is 9.62 Å². The number of sulfonamides is 1. The van der Waals surface area contributed by atoms with E-state index in [0.717, 1.165) is 29.3 Å². The van der Waals surface area contributed by atoms with Crippen LogP contribution in [0.2, 0.25) is 0 Å². The van der Waals surface area contributed by atoms with Gasteiger partial charge in [-0.15, -0.1) is 0 Å². The maximum atomic E-state index is 12.5. The lowest BCUT2D eigenvalue weighted by atomic mass is 9.76. The third-order valence-electron chi connectivity index (χ3n) is 4.26. The van der Waals surface area contributed by atoms with Crippen LogP contribution in [0.15, 0.2) is 27.6 Å². The van der Waals surface area contributed by atoms with E-state index in [1.165, 1.54) is 0 Å². The fraction of sp³-hybridized carbons (Fsp3) is 0.571. The molecule has 0 heterocycles. The maximum absolute atomic E-state index is 12.5. The van der Waals surface area contributed by atoms with Gasteiger partial charge < -0.3 is 4.90 Å². The first-order valence-corrected chi connectivity index (χ1v) is 8.98. The molecule has 0 spiro atoms. The number of hydrogen-bond donors (Lipinski definition) is 1. The molecule has 1 N–H and O–H groups in total. The molecule has 0 aromatic heterocycles. The van der Waals surface area contributed by atoms with E-state index >= 15 is 0 Å². The fourth-order valence-corrected chi connectivity index (χ4v) is 4.44. The van der Waals surface area contributed by atoms with E-state index in [9.17, 15) is 8.42 Å². The zero-order valence-corrected chi connectivity index (χ0v) is 14.5. The second-order valence-corrected chi connectivity index (χ2v) is 8.36. The van der Waals surface area contributed by atoms with Crippen molar-refractivity contribution in [3.63, 3.8) is 0 Å². The SMILES string of the molecule is Cc1ccc(Br)cc1S(=O)(=O)NCC1(N(C)C)CCC1. The van der Waals surface area contributed by atoms with Crippen molar-refractivity contribution in [3.05, 3.63) is 28.2 Å². The van der Waals surface area contributed by atoms with E-state index in [1.54, 1.807) is 6.07 Å². The predicted molar refractivity (Wildman–Crippen MR) is 84.3 cm³/mol. The molecular weight excluding hydrogens is 340 g/mol. The Morgan fingerprint density at radius 3 is 2.50 bits per heavy atom. The minimum Gasteiger partial charge on any atom is -0.302 e. The van der Waals surface area contributed by atoms with Crippen LogP contribution in [-0.4, -0.2) is 39.5 Å². The summed E-state index contributed by atoms with van der Waals surface area (Å²) in [6, 6.07) is 5.31. The van der Waals surface area contributed by atoms with Crippen molar-refractivity contribution in [2.75, 3.05) is 20.6 Å². The molecule has 112 valence electrons. The first-order chi connectivity index (χ1) is 9.27. The van der Waals surface area contributed by atoms with Crippen LogP contribution in [0.3, 0.4) is 0 Å². The van der Waals surface area contributed by atoms with Gasteiger partial charge in [-0.25, -0.2) is 13.1 Å². The molecule has 1 aliphatic rings. The monoisotopic (exact) mass is 360 g/mol. The van der Waals surface area contributed by atoms with Crippen molar-refractivity contribution in [1.29, 1.82) is 0 Å². The maximum Gasteiger partial charge on any atom is 0.240 e. The second kappa shape index (κ2) is 5.75. The zero-order chi connectivity index (χ0) is 15.0. The number of halogens is 1. The normalized spacial score (nSPS) is 18.1. The van der Waals surface area contributed by atoms with Crippen LogP contribution in [0.5, 0.6) is 0 Å². The molecule has 6 heteroatoms. The largest absolute Gasteiger partial charge is 0.302 e. The van der Waals surface area contributed by atoms with E-state index in [1.807, 2.05) is 33.2 Å². The predicted octanol–water partition coefficient (Wildman–Crippen LogP) is 2.52. The van der Waals surface area contributed by atoms with Gasteiger partial charge in [-0.2, -0.15) is 0 Å². The third kappa shape index (κ3) is 3.08. The molecule has 20 heavy (non-hydrogen) atoms. The first kappa shape index (κ1) is 15.9. The summed E-state index contributed by atoms with van der Waals surface area (Å²) in [6.07, 6.45) is 3.25. The lowest BCUT2D eigenvalue weighted by Crippen LogP contribution is -2.57. The number of hydrogen-bond acceptors (Lipinski definition) is 3. The van der Waals surface area contributed by atoms with Crippen LogP contribution in [-0.2, 0) is 10.0 Å². The Bertz CT molecular complexity index is 595. The molecule has 0 aliphatic heterocycles. The summed E-state index contributed by atoms with van der Waals surface area (Å²) in [6.45, 7) is 2.28. The summed E-state index contributed by atoms with van der Waals surface area (Å²) in [5.74, 6) is 0. The Balaban J connectivity index is 2.17. The van der Waals surface area contributed by atoms with Gasteiger partial charge in [-0.3, -0.25) is 0 Å². The van der Waals surface area contributed by atoms with Gasteiger partial charge in [0.25, 0.3) is 0 Å². The molecule has 1 aromatic rings. The van der Waals surface area contributed by atoms with Crippen molar-refractivity contribution < 1.29 is 8.42 Å². The number of rotatable bonds is 5. The Morgan fingerprint density at radius 1 is 1.35 bits per heavy atom.